The summed E-state index contributed by atoms with van der Waals surface area (Å²) in [6, 6.07) is 7.10. The van der Waals surface area contributed by atoms with Crippen molar-refractivity contribution in [2.24, 2.45) is 4.99 Å². The monoisotopic (exact) mass is 398 g/mol. The summed E-state index contributed by atoms with van der Waals surface area (Å²) in [4.78, 5) is 7.03. The van der Waals surface area contributed by atoms with E-state index >= 15 is 0 Å². The molecule has 1 fully saturated rings. The van der Waals surface area contributed by atoms with Crippen LogP contribution in [0, 0.1) is 0 Å². The first-order valence-corrected chi connectivity index (χ1v) is 9.75. The van der Waals surface area contributed by atoms with E-state index < -0.39 is 13.0 Å². The number of rotatable bonds is 9. The summed E-state index contributed by atoms with van der Waals surface area (Å²) in [7, 11) is 0. The summed E-state index contributed by atoms with van der Waals surface area (Å²) < 4.78 is 35.1. The highest BCUT2D eigenvalue weighted by molar-refractivity contribution is 5.79. The Labute approximate surface area is 166 Å². The number of ether oxygens (including phenoxy) is 2. The molecule has 0 aliphatic carbocycles. The molecular formula is C20H32F2N4O2. The van der Waals surface area contributed by atoms with Gasteiger partial charge in [0.2, 0.25) is 0 Å². The number of nitrogens with zero attached hydrogens (tertiary/aromatic N) is 2. The van der Waals surface area contributed by atoms with E-state index in [0.717, 1.165) is 50.9 Å². The molecule has 2 rings (SSSR count). The van der Waals surface area contributed by atoms with Crippen molar-refractivity contribution in [2.45, 2.75) is 39.3 Å². The van der Waals surface area contributed by atoms with Crippen molar-refractivity contribution in [2.75, 3.05) is 46.0 Å². The van der Waals surface area contributed by atoms with Crippen LogP contribution in [0.25, 0.3) is 0 Å². The normalized spacial score (nSPS) is 16.3. The molecule has 0 bridgehead atoms. The maximum absolute atomic E-state index is 12.3. The molecule has 2 N–H and O–H groups in total. The first-order valence-electron chi connectivity index (χ1n) is 9.75. The number of morpholine rings is 1. The van der Waals surface area contributed by atoms with Gasteiger partial charge in [-0.2, -0.15) is 0 Å². The predicted molar refractivity (Wildman–Crippen MR) is 107 cm³/mol. The summed E-state index contributed by atoms with van der Waals surface area (Å²) in [6.45, 7) is 11.1. The van der Waals surface area contributed by atoms with Crippen LogP contribution in [0.3, 0.4) is 0 Å². The lowest BCUT2D eigenvalue weighted by atomic mass is 10.0. The molecular weight excluding hydrogens is 366 g/mol. The van der Waals surface area contributed by atoms with Crippen molar-refractivity contribution in [3.8, 4) is 5.75 Å². The fraction of sp³-hybridized carbons (Fsp3) is 0.650. The van der Waals surface area contributed by atoms with Crippen molar-refractivity contribution in [1.29, 1.82) is 0 Å². The van der Waals surface area contributed by atoms with E-state index in [1.54, 1.807) is 18.2 Å². The Balaban J connectivity index is 1.93. The fourth-order valence-electron chi connectivity index (χ4n) is 2.99. The molecule has 0 aromatic heterocycles. The number of aliphatic imine (C=N–C) groups is 1. The largest absolute Gasteiger partial charge is 0.488 e. The molecule has 0 atom stereocenters. The molecule has 0 unspecified atom stereocenters. The second kappa shape index (κ2) is 11.2. The van der Waals surface area contributed by atoms with Gasteiger partial charge < -0.3 is 20.1 Å². The lowest BCUT2D eigenvalue weighted by Crippen LogP contribution is -2.56. The van der Waals surface area contributed by atoms with E-state index in [4.69, 9.17) is 9.47 Å². The summed E-state index contributed by atoms with van der Waals surface area (Å²) in [5, 5.41) is 6.66. The van der Waals surface area contributed by atoms with Crippen LogP contribution in [0.4, 0.5) is 8.78 Å². The quantitative estimate of drug-likeness (QED) is 0.494. The second-order valence-electron chi connectivity index (χ2n) is 7.31. The maximum atomic E-state index is 12.3. The summed E-state index contributed by atoms with van der Waals surface area (Å²) in [5.74, 6) is 1.15. The Morgan fingerprint density at radius 3 is 2.71 bits per heavy atom. The number of guanidine groups is 1. The van der Waals surface area contributed by atoms with Gasteiger partial charge in [-0.3, -0.25) is 4.90 Å². The van der Waals surface area contributed by atoms with Crippen molar-refractivity contribution in [3.05, 3.63) is 29.8 Å². The van der Waals surface area contributed by atoms with Gasteiger partial charge in [0.05, 0.1) is 19.8 Å². The van der Waals surface area contributed by atoms with Crippen molar-refractivity contribution in [3.63, 3.8) is 0 Å². The number of hydrogen-bond acceptors (Lipinski definition) is 4. The number of nitrogens with one attached hydrogen (secondary N) is 2. The van der Waals surface area contributed by atoms with Crippen LogP contribution in [0.1, 0.15) is 26.3 Å². The molecule has 158 valence electrons. The summed E-state index contributed by atoms with van der Waals surface area (Å²) in [6.07, 6.45) is -2.49. The standard InChI is InChI=1S/C20H32F2N4O2/c1-4-23-19(25-15-20(2,3)26-8-10-27-11-9-26)24-13-16-6-5-7-17(12-16)28-14-18(21)22/h5-7,12,18H,4,8-11,13-15H2,1-3H3,(H2,23,24,25). The first-order chi connectivity index (χ1) is 13.4. The van der Waals surface area contributed by atoms with Crippen LogP contribution in [0.2, 0.25) is 0 Å². The molecule has 1 aromatic rings. The van der Waals surface area contributed by atoms with Gasteiger partial charge >= 0.3 is 0 Å². The van der Waals surface area contributed by atoms with Crippen molar-refractivity contribution in [1.82, 2.24) is 15.5 Å². The molecule has 1 heterocycles. The zero-order chi connectivity index (χ0) is 20.4. The minimum Gasteiger partial charge on any atom is -0.488 e. The van der Waals surface area contributed by atoms with Gasteiger partial charge in [-0.1, -0.05) is 12.1 Å². The van der Waals surface area contributed by atoms with Gasteiger partial charge in [-0.25, -0.2) is 13.8 Å². The van der Waals surface area contributed by atoms with Crippen LogP contribution in [-0.2, 0) is 11.3 Å². The highest BCUT2D eigenvalue weighted by atomic mass is 19.3. The van der Waals surface area contributed by atoms with Crippen LogP contribution in [0.15, 0.2) is 29.3 Å². The van der Waals surface area contributed by atoms with Crippen molar-refractivity contribution < 1.29 is 18.3 Å². The van der Waals surface area contributed by atoms with E-state index in [1.165, 1.54) is 0 Å². The van der Waals surface area contributed by atoms with Gasteiger partial charge in [0.15, 0.2) is 5.96 Å². The third kappa shape index (κ3) is 7.59. The molecule has 0 amide bonds. The number of hydrogen-bond donors (Lipinski definition) is 2. The molecule has 0 saturated carbocycles. The minimum absolute atomic E-state index is 0.0248. The Morgan fingerprint density at radius 2 is 2.04 bits per heavy atom. The highest BCUT2D eigenvalue weighted by Gasteiger charge is 2.28. The average Bonchev–Trinajstić information content (AvgIpc) is 2.69. The van der Waals surface area contributed by atoms with Crippen LogP contribution >= 0.6 is 0 Å². The number of benzene rings is 1. The van der Waals surface area contributed by atoms with Gasteiger partial charge in [0.1, 0.15) is 12.4 Å². The van der Waals surface area contributed by atoms with Crippen LogP contribution in [-0.4, -0.2) is 68.8 Å². The van der Waals surface area contributed by atoms with Crippen LogP contribution < -0.4 is 15.4 Å². The Kier molecular flexibility index (Phi) is 8.92. The molecule has 0 spiro atoms. The van der Waals surface area contributed by atoms with E-state index in [0.29, 0.717) is 12.3 Å². The van der Waals surface area contributed by atoms with Crippen molar-refractivity contribution >= 4 is 5.96 Å². The molecule has 1 saturated heterocycles. The van der Waals surface area contributed by atoms with E-state index in [-0.39, 0.29) is 5.54 Å². The zero-order valence-corrected chi connectivity index (χ0v) is 17.0. The van der Waals surface area contributed by atoms with Gasteiger partial charge in [0.25, 0.3) is 6.43 Å². The Morgan fingerprint density at radius 1 is 1.29 bits per heavy atom. The topological polar surface area (TPSA) is 58.1 Å². The zero-order valence-electron chi connectivity index (χ0n) is 17.0. The minimum atomic E-state index is -2.49. The first kappa shape index (κ1) is 22.4. The smallest absolute Gasteiger partial charge is 0.272 e. The molecule has 8 heteroatoms. The molecule has 1 aromatic carbocycles. The van der Waals surface area contributed by atoms with Gasteiger partial charge in [0, 0.05) is 31.7 Å². The fourth-order valence-corrected chi connectivity index (χ4v) is 2.99. The average molecular weight is 398 g/mol. The number of halogens is 2. The Hall–Kier alpha value is -1.93. The van der Waals surface area contributed by atoms with Crippen LogP contribution in [0.5, 0.6) is 5.75 Å². The molecule has 1 aliphatic rings. The third-order valence-electron chi connectivity index (χ3n) is 4.59. The number of alkyl halides is 2. The predicted octanol–water partition coefficient (Wildman–Crippen LogP) is 2.50. The van der Waals surface area contributed by atoms with Gasteiger partial charge in [-0.15, -0.1) is 0 Å². The Bertz CT molecular complexity index is 620. The molecule has 0 radical (unpaired) electrons. The summed E-state index contributed by atoms with van der Waals surface area (Å²) in [5.41, 5.74) is 0.875. The second-order valence-corrected chi connectivity index (χ2v) is 7.31. The highest BCUT2D eigenvalue weighted by Crippen LogP contribution is 2.16. The SMILES string of the molecule is CCNC(=NCc1cccc(OCC(F)F)c1)NCC(C)(C)N1CCOCC1. The lowest BCUT2D eigenvalue weighted by molar-refractivity contribution is -0.00834. The lowest BCUT2D eigenvalue weighted by Gasteiger charge is -2.41. The third-order valence-corrected chi connectivity index (χ3v) is 4.59. The maximum Gasteiger partial charge on any atom is 0.272 e. The summed E-state index contributed by atoms with van der Waals surface area (Å²) >= 11 is 0. The van der Waals surface area contributed by atoms with Gasteiger partial charge in [-0.05, 0) is 38.5 Å². The molecule has 1 aliphatic heterocycles. The molecule has 28 heavy (non-hydrogen) atoms. The van der Waals surface area contributed by atoms with E-state index in [9.17, 15) is 8.78 Å². The van der Waals surface area contributed by atoms with E-state index in [2.05, 4.69) is 34.4 Å². The van der Waals surface area contributed by atoms with E-state index in [1.807, 2.05) is 13.0 Å². The molecule has 6 nitrogen and oxygen atoms in total.